The van der Waals surface area contributed by atoms with E-state index >= 15 is 0 Å². The number of nitrogens with zero attached hydrogens (tertiary/aromatic N) is 4. The molecule has 0 aliphatic carbocycles. The Labute approximate surface area is 159 Å². The van der Waals surface area contributed by atoms with Crippen molar-refractivity contribution in [3.05, 3.63) is 70.0 Å². The monoisotopic (exact) mass is 416 g/mol. The molecule has 7 heteroatoms. The highest BCUT2D eigenvalue weighted by molar-refractivity contribution is 9.10. The van der Waals surface area contributed by atoms with Crippen LogP contribution in [0.5, 0.6) is 5.75 Å². The highest BCUT2D eigenvalue weighted by Crippen LogP contribution is 2.25. The van der Waals surface area contributed by atoms with Crippen LogP contribution in [0.25, 0.3) is 0 Å². The summed E-state index contributed by atoms with van der Waals surface area (Å²) in [5.74, 6) is 1.61. The molecule has 3 aromatic rings. The molecule has 0 saturated heterocycles. The van der Waals surface area contributed by atoms with Gasteiger partial charge in [-0.3, -0.25) is 0 Å². The zero-order chi connectivity index (χ0) is 17.6. The molecule has 0 spiro atoms. The van der Waals surface area contributed by atoms with E-state index in [0.717, 1.165) is 26.7 Å². The average Bonchev–Trinajstić information content (AvgIpc) is 3.07. The van der Waals surface area contributed by atoms with Gasteiger partial charge >= 0.3 is 0 Å². The van der Waals surface area contributed by atoms with Crippen LogP contribution in [-0.4, -0.2) is 28.2 Å². The number of ether oxygens (including phenoxy) is 1. The highest BCUT2D eigenvalue weighted by atomic mass is 79.9. The van der Waals surface area contributed by atoms with Crippen molar-refractivity contribution in [1.29, 1.82) is 0 Å². The van der Waals surface area contributed by atoms with Gasteiger partial charge in [-0.1, -0.05) is 41.6 Å². The number of aromatic nitrogens is 3. The van der Waals surface area contributed by atoms with Crippen LogP contribution in [0.15, 0.2) is 63.5 Å². The summed E-state index contributed by atoms with van der Waals surface area (Å²) in [5.41, 5.74) is 3.45. The van der Waals surface area contributed by atoms with Crippen molar-refractivity contribution < 1.29 is 4.74 Å². The Balaban J connectivity index is 1.68. The summed E-state index contributed by atoms with van der Waals surface area (Å²) in [5, 5.41) is 13.3. The number of halogens is 1. The summed E-state index contributed by atoms with van der Waals surface area (Å²) in [7, 11) is 1.64. The molecule has 0 unspecified atom stereocenters. The fourth-order valence-corrected chi connectivity index (χ4v) is 3.50. The molecule has 0 fully saturated rings. The third-order valence-corrected chi connectivity index (χ3v) is 5.12. The van der Waals surface area contributed by atoms with E-state index in [0.29, 0.717) is 0 Å². The first-order valence-electron chi connectivity index (χ1n) is 7.62. The Kier molecular flexibility index (Phi) is 5.88. The normalized spacial score (nSPS) is 11.2. The first-order chi connectivity index (χ1) is 12.2. The maximum absolute atomic E-state index is 5.23. The van der Waals surface area contributed by atoms with E-state index in [2.05, 4.69) is 62.4 Å². The molecule has 0 radical (unpaired) electrons. The zero-order valence-electron chi connectivity index (χ0n) is 13.9. The van der Waals surface area contributed by atoms with Gasteiger partial charge < -0.3 is 4.74 Å². The minimum absolute atomic E-state index is 0.754. The Morgan fingerprint density at radius 3 is 2.76 bits per heavy atom. The summed E-state index contributed by atoms with van der Waals surface area (Å²) in [4.78, 5) is 0. The molecule has 0 aliphatic rings. The molecule has 2 aromatic carbocycles. The van der Waals surface area contributed by atoms with Crippen LogP contribution in [0, 0.1) is 6.92 Å². The molecule has 3 rings (SSSR count). The number of hydrogen-bond acceptors (Lipinski definition) is 5. The van der Waals surface area contributed by atoms with Crippen molar-refractivity contribution in [2.45, 2.75) is 17.8 Å². The topological polar surface area (TPSA) is 52.3 Å². The van der Waals surface area contributed by atoms with Crippen molar-refractivity contribution in [2.24, 2.45) is 5.10 Å². The molecular formula is C18H17BrN4OS. The second kappa shape index (κ2) is 8.31. The quantitative estimate of drug-likeness (QED) is 0.437. The Bertz CT molecular complexity index is 877. The van der Waals surface area contributed by atoms with Gasteiger partial charge in [-0.05, 0) is 52.2 Å². The highest BCUT2D eigenvalue weighted by Gasteiger charge is 2.05. The second-order valence-corrected chi connectivity index (χ2v) is 7.17. The molecule has 0 amide bonds. The van der Waals surface area contributed by atoms with Crippen molar-refractivity contribution in [3.8, 4) is 5.75 Å². The predicted octanol–water partition coefficient (Wildman–Crippen LogP) is 4.53. The molecule has 0 N–H and O–H groups in total. The number of benzene rings is 2. The minimum atomic E-state index is 0.754. The van der Waals surface area contributed by atoms with E-state index < -0.39 is 0 Å². The molecule has 25 heavy (non-hydrogen) atoms. The molecule has 0 saturated carbocycles. The van der Waals surface area contributed by atoms with Crippen LogP contribution in [0.2, 0.25) is 0 Å². The van der Waals surface area contributed by atoms with Gasteiger partial charge in [0.15, 0.2) is 0 Å². The third kappa shape index (κ3) is 4.70. The first kappa shape index (κ1) is 17.7. The summed E-state index contributed by atoms with van der Waals surface area (Å²) in [6, 6.07) is 14.3. The van der Waals surface area contributed by atoms with Crippen molar-refractivity contribution in [2.75, 3.05) is 7.11 Å². The van der Waals surface area contributed by atoms with Gasteiger partial charge in [-0.2, -0.15) is 9.78 Å². The van der Waals surface area contributed by atoms with Crippen LogP contribution in [0.3, 0.4) is 0 Å². The zero-order valence-corrected chi connectivity index (χ0v) is 16.3. The molecular weight excluding hydrogens is 400 g/mol. The largest absolute Gasteiger partial charge is 0.496 e. The number of rotatable bonds is 6. The van der Waals surface area contributed by atoms with E-state index in [-0.39, 0.29) is 0 Å². The molecule has 1 heterocycles. The molecule has 0 aliphatic heterocycles. The molecule has 0 atom stereocenters. The van der Waals surface area contributed by atoms with Crippen molar-refractivity contribution in [3.63, 3.8) is 0 Å². The first-order valence-corrected chi connectivity index (χ1v) is 9.40. The summed E-state index contributed by atoms with van der Waals surface area (Å²) in [6.07, 6.45) is 3.37. The summed E-state index contributed by atoms with van der Waals surface area (Å²) >= 11 is 5.08. The molecule has 0 bridgehead atoms. The minimum Gasteiger partial charge on any atom is -0.496 e. The Morgan fingerprint density at radius 1 is 1.24 bits per heavy atom. The fraction of sp³-hybridized carbons (Fsp3) is 0.167. The standard InChI is InChI=1S/C18H17BrN4OS/c1-13-3-5-14(6-4-13)11-25-18-22-20-12-23(18)21-10-15-7-8-17(24-2)16(19)9-15/h3-10,12H,11H2,1-2H3/b21-10+. The Hall–Kier alpha value is -2.12. The van der Waals surface area contributed by atoms with Crippen LogP contribution in [0.1, 0.15) is 16.7 Å². The predicted molar refractivity (Wildman–Crippen MR) is 104 cm³/mol. The van der Waals surface area contributed by atoms with Gasteiger partial charge in [-0.25, -0.2) is 0 Å². The van der Waals surface area contributed by atoms with Gasteiger partial charge in [-0.15, -0.1) is 10.2 Å². The van der Waals surface area contributed by atoms with Gasteiger partial charge in [0.25, 0.3) is 0 Å². The van der Waals surface area contributed by atoms with E-state index in [1.807, 2.05) is 18.2 Å². The lowest BCUT2D eigenvalue weighted by atomic mass is 10.2. The van der Waals surface area contributed by atoms with Gasteiger partial charge in [0.2, 0.25) is 5.16 Å². The lowest BCUT2D eigenvalue weighted by Crippen LogP contribution is -1.93. The summed E-state index contributed by atoms with van der Waals surface area (Å²) < 4.78 is 7.79. The van der Waals surface area contributed by atoms with Crippen LogP contribution < -0.4 is 4.74 Å². The van der Waals surface area contributed by atoms with E-state index in [4.69, 9.17) is 4.74 Å². The second-order valence-electron chi connectivity index (χ2n) is 5.37. The van der Waals surface area contributed by atoms with E-state index in [1.165, 1.54) is 11.1 Å². The van der Waals surface area contributed by atoms with E-state index in [9.17, 15) is 0 Å². The van der Waals surface area contributed by atoms with Gasteiger partial charge in [0, 0.05) is 5.75 Å². The summed E-state index contributed by atoms with van der Waals surface area (Å²) in [6.45, 7) is 2.08. The lowest BCUT2D eigenvalue weighted by molar-refractivity contribution is 0.412. The lowest BCUT2D eigenvalue weighted by Gasteiger charge is -2.04. The molecule has 128 valence electrons. The number of methoxy groups -OCH3 is 1. The maximum Gasteiger partial charge on any atom is 0.212 e. The smallest absolute Gasteiger partial charge is 0.212 e. The number of thioether (sulfide) groups is 1. The van der Waals surface area contributed by atoms with Crippen molar-refractivity contribution in [1.82, 2.24) is 14.9 Å². The fourth-order valence-electron chi connectivity index (χ4n) is 2.12. The molecule has 1 aromatic heterocycles. The van der Waals surface area contributed by atoms with Crippen LogP contribution >= 0.6 is 27.7 Å². The maximum atomic E-state index is 5.23. The third-order valence-electron chi connectivity index (χ3n) is 3.50. The van der Waals surface area contributed by atoms with E-state index in [1.54, 1.807) is 36.1 Å². The van der Waals surface area contributed by atoms with Gasteiger partial charge in [0.05, 0.1) is 17.8 Å². The molecule has 5 nitrogen and oxygen atoms in total. The Morgan fingerprint density at radius 2 is 2.04 bits per heavy atom. The SMILES string of the molecule is COc1ccc(/C=N/n2cnnc2SCc2ccc(C)cc2)cc1Br. The average molecular weight is 417 g/mol. The van der Waals surface area contributed by atoms with Crippen LogP contribution in [0.4, 0.5) is 0 Å². The van der Waals surface area contributed by atoms with Crippen LogP contribution in [-0.2, 0) is 5.75 Å². The number of aryl methyl sites for hydroxylation is 1. The van der Waals surface area contributed by atoms with Crippen molar-refractivity contribution >= 4 is 33.9 Å². The number of hydrogen-bond donors (Lipinski definition) is 0. The van der Waals surface area contributed by atoms with Gasteiger partial charge in [0.1, 0.15) is 12.1 Å².